The van der Waals surface area contributed by atoms with Crippen LogP contribution in [0.4, 0.5) is 0 Å². The van der Waals surface area contributed by atoms with Crippen LogP contribution < -0.4 is 22.2 Å². The minimum absolute atomic E-state index is 0.327. The number of hydrogen-bond donors (Lipinski definition) is 0. The lowest BCUT2D eigenvalue weighted by atomic mass is 9.91. The molecule has 0 amide bonds. The molecule has 2 heterocycles. The van der Waals surface area contributed by atoms with Crippen LogP contribution in [0.25, 0.3) is 43.1 Å². The highest BCUT2D eigenvalue weighted by molar-refractivity contribution is 6.32. The molecule has 0 aliphatic heterocycles. The highest BCUT2D eigenvalue weighted by Crippen LogP contribution is 2.35. The molecule has 32 heavy (non-hydrogen) atoms. The molecule has 6 heteroatoms. The van der Waals surface area contributed by atoms with Gasteiger partial charge in [-0.05, 0) is 35.7 Å². The van der Waals surface area contributed by atoms with Crippen LogP contribution in [-0.2, 0) is 13.1 Å². The molecule has 0 N–H and O–H groups in total. The Morgan fingerprint density at radius 2 is 0.906 bits per heavy atom. The van der Waals surface area contributed by atoms with E-state index in [9.17, 15) is 19.2 Å². The first-order valence-electron chi connectivity index (χ1n) is 11.2. The standard InChI is InChI=1S/C26H24N2O4/c1-3-5-13-27-23(29)17-11-7-10-16-19(17)21(25(27)31)15-9-8-12-18-20(15)22(16)26(32)28(24(18)30)14-6-4-2/h7-12H,3-6,13-14H2,1-2H3. The first kappa shape index (κ1) is 20.4. The molecule has 0 radical (unpaired) electrons. The van der Waals surface area contributed by atoms with Gasteiger partial charge in [0.25, 0.3) is 22.2 Å². The van der Waals surface area contributed by atoms with Gasteiger partial charge in [-0.3, -0.25) is 28.3 Å². The molecule has 5 rings (SSSR count). The lowest BCUT2D eigenvalue weighted by Crippen LogP contribution is -2.35. The third-order valence-corrected chi connectivity index (χ3v) is 6.51. The quantitative estimate of drug-likeness (QED) is 0.304. The first-order valence-corrected chi connectivity index (χ1v) is 11.2. The van der Waals surface area contributed by atoms with E-state index >= 15 is 0 Å². The number of unbranched alkanes of at least 4 members (excludes halogenated alkanes) is 2. The van der Waals surface area contributed by atoms with Crippen molar-refractivity contribution in [2.75, 3.05) is 0 Å². The Balaban J connectivity index is 2.11. The summed E-state index contributed by atoms with van der Waals surface area (Å²) in [5.74, 6) is 0. The Hall–Kier alpha value is -3.54. The van der Waals surface area contributed by atoms with Crippen molar-refractivity contribution in [3.8, 4) is 0 Å². The number of fused-ring (bicyclic) bond motifs is 2. The minimum Gasteiger partial charge on any atom is -0.274 e. The zero-order valence-electron chi connectivity index (χ0n) is 18.2. The highest BCUT2D eigenvalue weighted by atomic mass is 16.2. The van der Waals surface area contributed by atoms with Gasteiger partial charge < -0.3 is 0 Å². The number of pyridine rings is 2. The van der Waals surface area contributed by atoms with Crippen LogP contribution in [0.15, 0.2) is 55.6 Å². The summed E-state index contributed by atoms with van der Waals surface area (Å²) in [6, 6.07) is 10.5. The lowest BCUT2D eigenvalue weighted by molar-refractivity contribution is 0.604. The van der Waals surface area contributed by atoms with Gasteiger partial charge in [0.1, 0.15) is 0 Å². The Labute approximate surface area is 183 Å². The molecule has 0 aliphatic rings. The second-order valence-electron chi connectivity index (χ2n) is 8.44. The van der Waals surface area contributed by atoms with Crippen LogP contribution in [0.1, 0.15) is 39.5 Å². The third kappa shape index (κ3) is 2.65. The second kappa shape index (κ2) is 7.55. The molecule has 0 saturated carbocycles. The fourth-order valence-corrected chi connectivity index (χ4v) is 4.91. The van der Waals surface area contributed by atoms with Crippen molar-refractivity contribution in [2.24, 2.45) is 0 Å². The molecule has 3 aromatic carbocycles. The number of benzene rings is 3. The third-order valence-electron chi connectivity index (χ3n) is 6.51. The fraction of sp³-hybridized carbons (Fsp3) is 0.308. The van der Waals surface area contributed by atoms with Crippen LogP contribution in [0.5, 0.6) is 0 Å². The number of hydrogen-bond acceptors (Lipinski definition) is 4. The van der Waals surface area contributed by atoms with Crippen LogP contribution in [0, 0.1) is 0 Å². The van der Waals surface area contributed by atoms with E-state index in [1.165, 1.54) is 9.13 Å². The molecule has 162 valence electrons. The molecule has 0 saturated heterocycles. The van der Waals surface area contributed by atoms with Crippen molar-refractivity contribution in [1.29, 1.82) is 0 Å². The number of nitrogens with zero attached hydrogens (tertiary/aromatic N) is 2. The summed E-state index contributed by atoms with van der Waals surface area (Å²) in [4.78, 5) is 53.6. The second-order valence-corrected chi connectivity index (χ2v) is 8.44. The van der Waals surface area contributed by atoms with Crippen molar-refractivity contribution < 1.29 is 0 Å². The maximum absolute atomic E-state index is 13.6. The number of aromatic nitrogens is 2. The van der Waals surface area contributed by atoms with Crippen LogP contribution in [-0.4, -0.2) is 9.13 Å². The van der Waals surface area contributed by atoms with Crippen LogP contribution in [0.3, 0.4) is 0 Å². The molecule has 0 spiro atoms. The van der Waals surface area contributed by atoms with Gasteiger partial charge in [0.2, 0.25) is 0 Å². The average Bonchev–Trinajstić information content (AvgIpc) is 2.80. The summed E-state index contributed by atoms with van der Waals surface area (Å²) in [5.41, 5.74) is -1.37. The summed E-state index contributed by atoms with van der Waals surface area (Å²) in [6.07, 6.45) is 3.14. The molecule has 6 nitrogen and oxygen atoms in total. The maximum atomic E-state index is 13.6. The van der Waals surface area contributed by atoms with E-state index < -0.39 is 0 Å². The van der Waals surface area contributed by atoms with Gasteiger partial charge in [0, 0.05) is 34.6 Å². The molecule has 0 unspecified atom stereocenters. The molecule has 0 bridgehead atoms. The zero-order chi connectivity index (χ0) is 22.6. The molecule has 2 aromatic heterocycles. The van der Waals surface area contributed by atoms with Gasteiger partial charge >= 0.3 is 0 Å². The lowest BCUT2D eigenvalue weighted by Gasteiger charge is -2.16. The van der Waals surface area contributed by atoms with Crippen LogP contribution >= 0.6 is 0 Å². The van der Waals surface area contributed by atoms with Gasteiger partial charge in [-0.1, -0.05) is 51.0 Å². The molecule has 0 fully saturated rings. The predicted octanol–water partition coefficient (Wildman–Crippen LogP) is 3.82. The van der Waals surface area contributed by atoms with E-state index in [2.05, 4.69) is 0 Å². The maximum Gasteiger partial charge on any atom is 0.262 e. The Morgan fingerprint density at radius 1 is 0.531 bits per heavy atom. The summed E-state index contributed by atoms with van der Waals surface area (Å²) in [5, 5.41) is 3.86. The Bertz CT molecular complexity index is 1600. The van der Waals surface area contributed by atoms with E-state index in [4.69, 9.17) is 0 Å². The normalized spacial score (nSPS) is 12.1. The SMILES string of the molecule is CCCCn1c(=O)c2cccc3c4c(=O)n(CCCC)c(=O)c5cccc(c(c1=O)c23)c54. The van der Waals surface area contributed by atoms with Crippen molar-refractivity contribution in [3.05, 3.63) is 77.8 Å². The fourth-order valence-electron chi connectivity index (χ4n) is 4.91. The Morgan fingerprint density at radius 3 is 1.28 bits per heavy atom. The van der Waals surface area contributed by atoms with Gasteiger partial charge in [0.15, 0.2) is 0 Å². The van der Waals surface area contributed by atoms with Gasteiger partial charge in [-0.25, -0.2) is 0 Å². The smallest absolute Gasteiger partial charge is 0.262 e. The Kier molecular flexibility index (Phi) is 4.81. The topological polar surface area (TPSA) is 78.1 Å². The number of rotatable bonds is 6. The van der Waals surface area contributed by atoms with Crippen molar-refractivity contribution in [2.45, 2.75) is 52.6 Å². The van der Waals surface area contributed by atoms with E-state index in [1.54, 1.807) is 36.4 Å². The van der Waals surface area contributed by atoms with Crippen molar-refractivity contribution in [3.63, 3.8) is 0 Å². The van der Waals surface area contributed by atoms with Gasteiger partial charge in [-0.15, -0.1) is 0 Å². The molecule has 0 aliphatic carbocycles. The molecule has 0 atom stereocenters. The largest absolute Gasteiger partial charge is 0.274 e. The average molecular weight is 428 g/mol. The van der Waals surface area contributed by atoms with E-state index in [-0.39, 0.29) is 22.2 Å². The first-order chi connectivity index (χ1) is 15.5. The van der Waals surface area contributed by atoms with Gasteiger partial charge in [0.05, 0.1) is 10.8 Å². The van der Waals surface area contributed by atoms with Crippen molar-refractivity contribution >= 4 is 43.1 Å². The van der Waals surface area contributed by atoms with E-state index in [0.717, 1.165) is 12.8 Å². The zero-order valence-corrected chi connectivity index (χ0v) is 18.2. The summed E-state index contributed by atoms with van der Waals surface area (Å²) >= 11 is 0. The molecule has 5 aromatic rings. The monoisotopic (exact) mass is 428 g/mol. The van der Waals surface area contributed by atoms with Crippen molar-refractivity contribution in [1.82, 2.24) is 9.13 Å². The van der Waals surface area contributed by atoms with E-state index in [0.29, 0.717) is 69.0 Å². The summed E-state index contributed by atoms with van der Waals surface area (Å²) in [7, 11) is 0. The highest BCUT2D eigenvalue weighted by Gasteiger charge is 2.23. The van der Waals surface area contributed by atoms with Gasteiger partial charge in [-0.2, -0.15) is 0 Å². The predicted molar refractivity (Wildman–Crippen MR) is 130 cm³/mol. The van der Waals surface area contributed by atoms with Crippen LogP contribution in [0.2, 0.25) is 0 Å². The van der Waals surface area contributed by atoms with E-state index in [1.807, 2.05) is 13.8 Å². The summed E-state index contributed by atoms with van der Waals surface area (Å²) in [6.45, 7) is 4.70. The summed E-state index contributed by atoms with van der Waals surface area (Å²) < 4.78 is 2.60. The molecular formula is C26H24N2O4. The minimum atomic E-state index is -0.357. The molecular weight excluding hydrogens is 404 g/mol.